The van der Waals surface area contributed by atoms with Crippen LogP contribution in [0.4, 0.5) is 0 Å². The number of esters is 2. The molecule has 0 radical (unpaired) electrons. The van der Waals surface area contributed by atoms with Crippen molar-refractivity contribution in [3.05, 3.63) is 53.1 Å². The van der Waals surface area contributed by atoms with E-state index in [0.29, 0.717) is 6.42 Å². The number of carbonyl (C=O) groups excluding carboxylic acids is 2. The Kier molecular flexibility index (Phi) is 5.32. The first-order chi connectivity index (χ1) is 15.8. The van der Waals surface area contributed by atoms with E-state index in [1.54, 1.807) is 31.4 Å². The van der Waals surface area contributed by atoms with E-state index in [0.717, 1.165) is 31.0 Å². The predicted octanol–water partition coefficient (Wildman–Crippen LogP) is 3.72. The minimum absolute atomic E-state index is 0.0472. The van der Waals surface area contributed by atoms with Crippen molar-refractivity contribution in [2.45, 2.75) is 50.9 Å². The van der Waals surface area contributed by atoms with Crippen LogP contribution in [0.15, 0.2) is 36.4 Å². The number of benzene rings is 2. The number of para-hydroxylation sites is 1. The largest absolute Gasteiger partial charge is 0.493 e. The summed E-state index contributed by atoms with van der Waals surface area (Å²) in [6, 6.07) is 10.8. The molecule has 7 nitrogen and oxygen atoms in total. The van der Waals surface area contributed by atoms with Gasteiger partial charge in [-0.25, -0.2) is 4.79 Å². The first-order valence-electron chi connectivity index (χ1n) is 11.4. The lowest BCUT2D eigenvalue weighted by Gasteiger charge is -2.34. The van der Waals surface area contributed by atoms with E-state index in [1.165, 1.54) is 18.1 Å². The zero-order chi connectivity index (χ0) is 23.3. The van der Waals surface area contributed by atoms with E-state index < -0.39 is 11.9 Å². The van der Waals surface area contributed by atoms with Crippen molar-refractivity contribution in [1.29, 1.82) is 0 Å². The second kappa shape index (κ2) is 8.06. The van der Waals surface area contributed by atoms with Gasteiger partial charge in [-0.15, -0.1) is 0 Å². The van der Waals surface area contributed by atoms with Gasteiger partial charge < -0.3 is 23.8 Å². The van der Waals surface area contributed by atoms with E-state index in [-0.39, 0.29) is 34.9 Å². The molecule has 3 aliphatic rings. The van der Waals surface area contributed by atoms with Crippen molar-refractivity contribution in [2.75, 3.05) is 20.7 Å². The number of hydrogen-bond acceptors (Lipinski definition) is 7. The Morgan fingerprint density at radius 2 is 1.94 bits per heavy atom. The van der Waals surface area contributed by atoms with Crippen molar-refractivity contribution in [3.63, 3.8) is 0 Å². The van der Waals surface area contributed by atoms with Gasteiger partial charge in [-0.1, -0.05) is 25.1 Å². The van der Waals surface area contributed by atoms with E-state index in [2.05, 4.69) is 24.9 Å². The first kappa shape index (κ1) is 21.8. The summed E-state index contributed by atoms with van der Waals surface area (Å²) in [6.07, 6.45) is 1.11. The van der Waals surface area contributed by atoms with E-state index >= 15 is 0 Å². The molecule has 0 amide bonds. The van der Waals surface area contributed by atoms with Gasteiger partial charge in [0.05, 0.1) is 7.11 Å². The Morgan fingerprint density at radius 1 is 1.15 bits per heavy atom. The van der Waals surface area contributed by atoms with Gasteiger partial charge in [0.1, 0.15) is 23.5 Å². The van der Waals surface area contributed by atoms with Crippen molar-refractivity contribution in [1.82, 2.24) is 4.90 Å². The summed E-state index contributed by atoms with van der Waals surface area (Å²) < 4.78 is 23.4. The van der Waals surface area contributed by atoms with Crippen molar-refractivity contribution >= 4 is 11.9 Å². The summed E-state index contributed by atoms with van der Waals surface area (Å²) >= 11 is 0. The number of rotatable bonds is 4. The fraction of sp³-hybridized carbons (Fsp3) is 0.462. The number of methoxy groups -OCH3 is 1. The molecule has 1 fully saturated rings. The van der Waals surface area contributed by atoms with E-state index in [9.17, 15) is 9.59 Å². The van der Waals surface area contributed by atoms with Gasteiger partial charge in [-0.3, -0.25) is 4.79 Å². The van der Waals surface area contributed by atoms with Crippen molar-refractivity contribution in [2.24, 2.45) is 5.92 Å². The van der Waals surface area contributed by atoms with Crippen LogP contribution in [-0.2, 0) is 21.5 Å². The molecule has 33 heavy (non-hydrogen) atoms. The Labute approximate surface area is 193 Å². The third-order valence-corrected chi connectivity index (χ3v) is 7.51. The topological polar surface area (TPSA) is 74.3 Å². The summed E-state index contributed by atoms with van der Waals surface area (Å²) in [5.41, 5.74) is 2.46. The third kappa shape index (κ3) is 3.37. The van der Waals surface area contributed by atoms with Gasteiger partial charge in [0.15, 0.2) is 11.5 Å². The van der Waals surface area contributed by atoms with Gasteiger partial charge in [-0.2, -0.15) is 0 Å². The molecule has 2 aromatic carbocycles. The summed E-state index contributed by atoms with van der Waals surface area (Å²) in [5.74, 6) is 0.883. The number of nitrogens with zero attached hydrogens (tertiary/aromatic N) is 1. The Balaban J connectivity index is 1.48. The number of ether oxygens (including phenoxy) is 4. The van der Waals surface area contributed by atoms with Crippen molar-refractivity contribution < 1.29 is 28.5 Å². The molecule has 2 aliphatic heterocycles. The molecule has 2 unspecified atom stereocenters. The summed E-state index contributed by atoms with van der Waals surface area (Å²) in [4.78, 5) is 26.9. The zero-order valence-electron chi connectivity index (χ0n) is 19.4. The minimum atomic E-state index is -0.489. The molecular formula is C26H29NO6. The molecule has 4 atom stereocenters. The second-order valence-corrected chi connectivity index (χ2v) is 9.32. The van der Waals surface area contributed by atoms with Gasteiger partial charge in [0, 0.05) is 36.8 Å². The van der Waals surface area contributed by atoms with E-state index in [1.807, 2.05) is 6.07 Å². The normalized spacial score (nSPS) is 27.7. The number of carbonyl (C=O) groups is 2. The van der Waals surface area contributed by atoms with Crippen LogP contribution in [-0.4, -0.2) is 49.7 Å². The second-order valence-electron chi connectivity index (χ2n) is 9.32. The lowest BCUT2D eigenvalue weighted by Crippen LogP contribution is -2.40. The molecule has 174 valence electrons. The molecule has 1 aliphatic carbocycles. The molecule has 0 saturated heterocycles. The summed E-state index contributed by atoms with van der Waals surface area (Å²) in [6.45, 7) is 5.24. The fourth-order valence-electron chi connectivity index (χ4n) is 5.95. The molecule has 0 bridgehead atoms. The highest BCUT2D eigenvalue weighted by atomic mass is 16.6. The van der Waals surface area contributed by atoms with Gasteiger partial charge in [0.2, 0.25) is 0 Å². The molecule has 5 rings (SSSR count). The molecule has 2 aromatic rings. The quantitative estimate of drug-likeness (QED) is 0.518. The minimum Gasteiger partial charge on any atom is -0.493 e. The fourth-order valence-corrected chi connectivity index (χ4v) is 5.95. The average molecular weight is 452 g/mol. The Morgan fingerprint density at radius 3 is 2.70 bits per heavy atom. The first-order valence-corrected chi connectivity index (χ1v) is 11.4. The maximum atomic E-state index is 13.1. The standard InChI is InChI=1S/C26H29NO6/c1-15-21(32-25(29)18-7-5-6-8-19(18)31-16(2)28)13-22-26(15)11-12-27(3)14-17-9-10-20(30-4)24(33-22)23(17)26/h5-10,15,21-22H,11-14H2,1-4H3/t15?,21-,22?,26-/m1/s1. The van der Waals surface area contributed by atoms with Crippen LogP contribution < -0.4 is 14.2 Å². The maximum Gasteiger partial charge on any atom is 0.342 e. The molecular weight excluding hydrogens is 422 g/mol. The summed E-state index contributed by atoms with van der Waals surface area (Å²) in [7, 11) is 3.80. The monoisotopic (exact) mass is 451 g/mol. The highest BCUT2D eigenvalue weighted by Gasteiger charge is 2.62. The molecule has 2 heterocycles. The van der Waals surface area contributed by atoms with Gasteiger partial charge in [-0.05, 0) is 43.8 Å². The predicted molar refractivity (Wildman–Crippen MR) is 121 cm³/mol. The molecule has 1 saturated carbocycles. The highest BCUT2D eigenvalue weighted by molar-refractivity contribution is 5.93. The lowest BCUT2D eigenvalue weighted by atomic mass is 9.69. The van der Waals surface area contributed by atoms with Gasteiger partial charge in [0.25, 0.3) is 0 Å². The SMILES string of the molecule is COc1ccc2c3c1OC1C[C@@H](OC(=O)c4ccccc4OC(C)=O)C(C)[C@@]31CCN(C)C2. The third-order valence-electron chi connectivity index (χ3n) is 7.51. The van der Waals surface area contributed by atoms with Crippen LogP contribution in [0.1, 0.15) is 48.2 Å². The van der Waals surface area contributed by atoms with Crippen LogP contribution in [0, 0.1) is 5.92 Å². The van der Waals surface area contributed by atoms with Gasteiger partial charge >= 0.3 is 11.9 Å². The molecule has 7 heteroatoms. The van der Waals surface area contributed by atoms with Crippen LogP contribution in [0.25, 0.3) is 0 Å². The van der Waals surface area contributed by atoms with Crippen LogP contribution in [0.3, 0.4) is 0 Å². The molecule has 0 aromatic heterocycles. The Bertz CT molecular complexity index is 1110. The zero-order valence-corrected chi connectivity index (χ0v) is 19.4. The summed E-state index contributed by atoms with van der Waals surface area (Å²) in [5, 5.41) is 0. The lowest BCUT2D eigenvalue weighted by molar-refractivity contribution is -0.131. The maximum absolute atomic E-state index is 13.1. The van der Waals surface area contributed by atoms with Crippen molar-refractivity contribution in [3.8, 4) is 17.2 Å². The molecule has 1 spiro atoms. The Hall–Kier alpha value is -3.06. The van der Waals surface area contributed by atoms with Crippen LogP contribution >= 0.6 is 0 Å². The van der Waals surface area contributed by atoms with Crippen LogP contribution in [0.2, 0.25) is 0 Å². The molecule has 0 N–H and O–H groups in total. The highest BCUT2D eigenvalue weighted by Crippen LogP contribution is 2.61. The van der Waals surface area contributed by atoms with Crippen LogP contribution in [0.5, 0.6) is 17.2 Å². The van der Waals surface area contributed by atoms with E-state index in [4.69, 9.17) is 18.9 Å². The average Bonchev–Trinajstić information content (AvgIpc) is 3.17. The smallest absolute Gasteiger partial charge is 0.342 e. The number of hydrogen-bond donors (Lipinski definition) is 0.